The highest BCUT2D eigenvalue weighted by Gasteiger charge is 2.24. The van der Waals surface area contributed by atoms with E-state index in [0.29, 0.717) is 36.6 Å². The molecule has 0 saturated carbocycles. The third-order valence-electron chi connectivity index (χ3n) is 12.1. The first-order valence-electron chi connectivity index (χ1n) is 27.1. The quantitative estimate of drug-likeness (QED) is 0.0953. The van der Waals surface area contributed by atoms with E-state index in [-0.39, 0.29) is 39.3 Å². The predicted molar refractivity (Wildman–Crippen MR) is 313 cm³/mol. The Morgan fingerprint density at radius 1 is 0.432 bits per heavy atom. The van der Waals surface area contributed by atoms with Gasteiger partial charge in [-0.1, -0.05) is 93.7 Å². The summed E-state index contributed by atoms with van der Waals surface area (Å²) >= 11 is 0. The number of likely N-dealkylation sites (tertiary alicyclic amines) is 1. The molecule has 0 radical (unpaired) electrons. The SMILES string of the molecule is C.C.CC(C)OC1CCCN(Cc2ccccc2)C1.CC(C)OC1CCCN(c2ccccc2)C1.CC(C)OC1CCN(c2ccccc2)C1.CC(C)O[C@@H](C)c1cccnc1.CC(C)O[C@H](C)c1cccnc1. The van der Waals surface area contributed by atoms with Crippen LogP contribution in [0.2, 0.25) is 0 Å². The lowest BCUT2D eigenvalue weighted by atomic mass is 10.1. The molecule has 2 aromatic heterocycles. The van der Waals surface area contributed by atoms with Crippen LogP contribution < -0.4 is 9.80 Å². The summed E-state index contributed by atoms with van der Waals surface area (Å²) < 4.78 is 28.8. The van der Waals surface area contributed by atoms with Crippen LogP contribution in [-0.4, -0.2) is 103 Å². The number of pyridine rings is 2. The molecule has 0 aliphatic carbocycles. The van der Waals surface area contributed by atoms with Gasteiger partial charge in [-0.3, -0.25) is 14.9 Å². The van der Waals surface area contributed by atoms with Crippen molar-refractivity contribution in [3.05, 3.63) is 157 Å². The number of aromatic nitrogens is 2. The summed E-state index contributed by atoms with van der Waals surface area (Å²) in [6.45, 7) is 32.5. The Morgan fingerprint density at radius 2 is 0.824 bits per heavy atom. The Kier molecular flexibility index (Phi) is 32.8. The zero-order valence-electron chi connectivity index (χ0n) is 46.3. The Labute approximate surface area is 451 Å². The molecule has 0 amide bonds. The van der Waals surface area contributed by atoms with E-state index in [9.17, 15) is 0 Å². The molecule has 0 bridgehead atoms. The van der Waals surface area contributed by atoms with Crippen molar-refractivity contribution in [1.29, 1.82) is 0 Å². The van der Waals surface area contributed by atoms with Crippen molar-refractivity contribution in [1.82, 2.24) is 14.9 Å². The van der Waals surface area contributed by atoms with Gasteiger partial charge in [-0.15, -0.1) is 0 Å². The molecular weight excluding hydrogens is 919 g/mol. The second-order valence-corrected chi connectivity index (χ2v) is 20.5. The molecule has 5 aromatic rings. The van der Waals surface area contributed by atoms with Crippen LogP contribution in [0.4, 0.5) is 11.4 Å². The fraction of sp³-hybridized carbons (Fsp3) is 0.562. The normalized spacial score (nSPS) is 18.3. The minimum absolute atomic E-state index is 0. The summed E-state index contributed by atoms with van der Waals surface area (Å²) in [5.41, 5.74) is 6.29. The average Bonchev–Trinajstić information content (AvgIpc) is 3.83. The number of ether oxygens (including phenoxy) is 5. The summed E-state index contributed by atoms with van der Waals surface area (Å²) in [6, 6.07) is 39.8. The van der Waals surface area contributed by atoms with Gasteiger partial charge in [-0.25, -0.2) is 0 Å². The van der Waals surface area contributed by atoms with Crippen molar-refractivity contribution in [3.8, 4) is 0 Å². The molecular formula is C64H101N5O5. The minimum atomic E-state index is 0. The van der Waals surface area contributed by atoms with E-state index in [4.69, 9.17) is 23.7 Å². The minimum Gasteiger partial charge on any atom is -0.374 e. The highest BCUT2D eigenvalue weighted by atomic mass is 16.5. The van der Waals surface area contributed by atoms with Gasteiger partial charge in [0.05, 0.1) is 61.0 Å². The lowest BCUT2D eigenvalue weighted by Crippen LogP contribution is -2.40. The van der Waals surface area contributed by atoms with Crippen LogP contribution in [0.5, 0.6) is 0 Å². The largest absolute Gasteiger partial charge is 0.374 e. The fourth-order valence-corrected chi connectivity index (χ4v) is 9.11. The van der Waals surface area contributed by atoms with Gasteiger partial charge in [0.1, 0.15) is 0 Å². The molecule has 10 nitrogen and oxygen atoms in total. The van der Waals surface area contributed by atoms with Crippen molar-refractivity contribution < 1.29 is 23.7 Å². The van der Waals surface area contributed by atoms with Crippen LogP contribution in [0, 0.1) is 0 Å². The second kappa shape index (κ2) is 37.1. The molecule has 8 rings (SSSR count). The van der Waals surface area contributed by atoms with Gasteiger partial charge in [0, 0.05) is 75.4 Å². The lowest BCUT2D eigenvalue weighted by molar-refractivity contribution is -0.0347. The van der Waals surface area contributed by atoms with E-state index in [2.05, 4.69) is 157 Å². The van der Waals surface area contributed by atoms with E-state index < -0.39 is 0 Å². The Balaban J connectivity index is 0.000000317. The number of rotatable bonds is 16. The lowest BCUT2D eigenvalue weighted by Gasteiger charge is -2.35. The first-order valence-corrected chi connectivity index (χ1v) is 27.1. The molecule has 74 heavy (non-hydrogen) atoms. The molecule has 3 aliphatic heterocycles. The predicted octanol–water partition coefficient (Wildman–Crippen LogP) is 15.3. The summed E-state index contributed by atoms with van der Waals surface area (Å²) in [5, 5.41) is 0. The fourth-order valence-electron chi connectivity index (χ4n) is 9.11. The number of para-hydroxylation sites is 2. The molecule has 10 heteroatoms. The van der Waals surface area contributed by atoms with Gasteiger partial charge in [-0.2, -0.15) is 0 Å². The Morgan fingerprint density at radius 3 is 1.23 bits per heavy atom. The third-order valence-corrected chi connectivity index (χ3v) is 12.1. The first-order chi connectivity index (χ1) is 34.6. The molecule has 3 fully saturated rings. The number of benzene rings is 3. The number of piperidine rings is 2. The zero-order chi connectivity index (χ0) is 52.1. The van der Waals surface area contributed by atoms with Crippen LogP contribution in [-0.2, 0) is 30.2 Å². The summed E-state index contributed by atoms with van der Waals surface area (Å²) in [4.78, 5) is 15.4. The molecule has 5 heterocycles. The highest BCUT2D eigenvalue weighted by Crippen LogP contribution is 2.24. The second-order valence-electron chi connectivity index (χ2n) is 20.5. The standard InChI is InChI=1S/C15H23NO.C14H21NO.C13H19NO.2C10H15NO.2CH4/c1-13(2)17-15-9-6-10-16(12-15)11-14-7-4-3-5-8-14;1-12(2)16-14-9-6-10-15(11-14)13-7-4-3-5-8-13;1-11(2)15-13-8-9-14(10-13)12-6-4-3-5-7-12;2*1-8(2)12-9(3)10-5-4-6-11-7-10;;/h3-5,7-8,13,15H,6,9-12H2,1-2H3;3-5,7-8,12,14H,6,9-11H2,1-2H3;3-7,11,13H,8-10H2,1-2H3;2*4-9H,1-3H3;2*1H4/t;;;2*9-;;/m...10../s1. The Hall–Kier alpha value is -4.68. The number of hydrogen-bond donors (Lipinski definition) is 0. The number of anilines is 2. The molecule has 0 N–H and O–H groups in total. The van der Waals surface area contributed by atoms with Gasteiger partial charge in [-0.05, 0) is 175 Å². The van der Waals surface area contributed by atoms with Crippen molar-refractivity contribution in [2.75, 3.05) is 49.1 Å². The van der Waals surface area contributed by atoms with E-state index in [1.165, 1.54) is 49.2 Å². The molecule has 5 atom stereocenters. The Bertz CT molecular complexity index is 2010. The average molecular weight is 1020 g/mol. The van der Waals surface area contributed by atoms with Crippen molar-refractivity contribution in [2.24, 2.45) is 0 Å². The highest BCUT2D eigenvalue weighted by molar-refractivity contribution is 5.47. The van der Waals surface area contributed by atoms with Gasteiger partial charge in [0.15, 0.2) is 0 Å². The van der Waals surface area contributed by atoms with Crippen molar-refractivity contribution in [3.63, 3.8) is 0 Å². The van der Waals surface area contributed by atoms with Gasteiger partial charge < -0.3 is 33.5 Å². The van der Waals surface area contributed by atoms with Crippen LogP contribution >= 0.6 is 0 Å². The van der Waals surface area contributed by atoms with Gasteiger partial charge in [0.25, 0.3) is 0 Å². The molecule has 0 spiro atoms. The van der Waals surface area contributed by atoms with Gasteiger partial charge in [0.2, 0.25) is 0 Å². The van der Waals surface area contributed by atoms with Crippen LogP contribution in [0.25, 0.3) is 0 Å². The molecule has 3 saturated heterocycles. The maximum Gasteiger partial charge on any atom is 0.0815 e. The van der Waals surface area contributed by atoms with Crippen LogP contribution in [0.1, 0.15) is 159 Å². The molecule has 412 valence electrons. The third kappa shape index (κ3) is 27.2. The number of nitrogens with zero attached hydrogens (tertiary/aromatic N) is 5. The summed E-state index contributed by atoms with van der Waals surface area (Å²) in [7, 11) is 0. The van der Waals surface area contributed by atoms with Crippen LogP contribution in [0.15, 0.2) is 140 Å². The van der Waals surface area contributed by atoms with Crippen molar-refractivity contribution in [2.45, 2.75) is 198 Å². The molecule has 3 unspecified atom stereocenters. The molecule has 3 aromatic carbocycles. The summed E-state index contributed by atoms with van der Waals surface area (Å²) in [6.07, 6.45) is 16.3. The van der Waals surface area contributed by atoms with E-state index in [1.54, 1.807) is 12.4 Å². The van der Waals surface area contributed by atoms with E-state index >= 15 is 0 Å². The van der Waals surface area contributed by atoms with Crippen LogP contribution in [0.3, 0.4) is 0 Å². The summed E-state index contributed by atoms with van der Waals surface area (Å²) in [5.74, 6) is 0. The number of hydrogen-bond acceptors (Lipinski definition) is 10. The maximum absolute atomic E-state index is 5.92. The van der Waals surface area contributed by atoms with E-state index in [1.807, 2.05) is 78.2 Å². The van der Waals surface area contributed by atoms with E-state index in [0.717, 1.165) is 56.8 Å². The van der Waals surface area contributed by atoms with Crippen molar-refractivity contribution >= 4 is 11.4 Å². The monoisotopic (exact) mass is 1020 g/mol. The maximum atomic E-state index is 5.92. The smallest absolute Gasteiger partial charge is 0.0815 e. The van der Waals surface area contributed by atoms with Gasteiger partial charge >= 0.3 is 0 Å². The molecule has 3 aliphatic rings. The topological polar surface area (TPSA) is 81.7 Å². The first kappa shape index (κ1) is 65.4. The zero-order valence-corrected chi connectivity index (χ0v) is 46.3.